The molecule has 34 heavy (non-hydrogen) atoms. The summed E-state index contributed by atoms with van der Waals surface area (Å²) in [5, 5.41) is 4.72. The second kappa shape index (κ2) is 8.30. The molecule has 0 aliphatic carbocycles. The molecule has 0 N–H and O–H groups in total. The van der Waals surface area contributed by atoms with E-state index in [-0.39, 0.29) is 11.7 Å². The highest BCUT2D eigenvalue weighted by molar-refractivity contribution is 5.94. The number of aromatic nitrogens is 3. The molecular formula is C26H23FN4O3. The number of halogens is 1. The lowest BCUT2D eigenvalue weighted by molar-refractivity contribution is -0.181. The van der Waals surface area contributed by atoms with Gasteiger partial charge in [-0.3, -0.25) is 4.79 Å². The number of carbonyl (C=O) groups excluding carboxylic acids is 1. The number of fused-ring (bicyclic) bond motifs is 1. The van der Waals surface area contributed by atoms with Gasteiger partial charge in [0.1, 0.15) is 11.5 Å². The maximum Gasteiger partial charge on any atom is 0.272 e. The summed E-state index contributed by atoms with van der Waals surface area (Å²) >= 11 is 0. The molecule has 4 aromatic rings. The first kappa shape index (κ1) is 20.9. The van der Waals surface area contributed by atoms with Crippen LogP contribution in [0.2, 0.25) is 0 Å². The van der Waals surface area contributed by atoms with E-state index in [0.717, 1.165) is 16.8 Å². The smallest absolute Gasteiger partial charge is 0.272 e. The molecule has 6 rings (SSSR count). The van der Waals surface area contributed by atoms with Gasteiger partial charge in [-0.05, 0) is 30.3 Å². The van der Waals surface area contributed by atoms with Crippen LogP contribution in [0.1, 0.15) is 23.3 Å². The molecule has 8 heteroatoms. The van der Waals surface area contributed by atoms with Crippen molar-refractivity contribution in [2.75, 3.05) is 26.3 Å². The van der Waals surface area contributed by atoms with Gasteiger partial charge in [0.25, 0.3) is 5.91 Å². The summed E-state index contributed by atoms with van der Waals surface area (Å²) in [4.78, 5) is 20.2. The zero-order valence-electron chi connectivity index (χ0n) is 18.5. The van der Waals surface area contributed by atoms with Crippen LogP contribution < -0.4 is 0 Å². The van der Waals surface area contributed by atoms with Gasteiger partial charge in [-0.2, -0.15) is 5.10 Å². The van der Waals surface area contributed by atoms with Crippen molar-refractivity contribution < 1.29 is 18.7 Å². The normalized spacial score (nSPS) is 17.5. The quantitative estimate of drug-likeness (QED) is 0.461. The summed E-state index contributed by atoms with van der Waals surface area (Å²) in [5.41, 5.74) is 3.95. The fourth-order valence-corrected chi connectivity index (χ4v) is 4.64. The van der Waals surface area contributed by atoms with Gasteiger partial charge >= 0.3 is 0 Å². The number of rotatable bonds is 3. The standard InChI is InChI=1S/C26H23FN4O3/c27-20-8-6-19(7-9-20)21-16-23(25(32)30-12-10-26(11-13-30)33-14-15-34-26)31-24(28-21)17-22(29-31)18-4-2-1-3-5-18/h1-9,16-17H,10-15H2. The first-order chi connectivity index (χ1) is 16.6. The van der Waals surface area contributed by atoms with Gasteiger partial charge < -0.3 is 14.4 Å². The van der Waals surface area contributed by atoms with Gasteiger partial charge in [0.15, 0.2) is 11.4 Å². The molecule has 1 spiro atoms. The minimum atomic E-state index is -0.560. The first-order valence-corrected chi connectivity index (χ1v) is 11.4. The monoisotopic (exact) mass is 458 g/mol. The lowest BCUT2D eigenvalue weighted by Gasteiger charge is -2.37. The maximum absolute atomic E-state index is 13.7. The predicted molar refractivity (Wildman–Crippen MR) is 124 cm³/mol. The molecule has 1 amide bonds. The Morgan fingerprint density at radius 1 is 0.882 bits per heavy atom. The van der Waals surface area contributed by atoms with E-state index in [1.54, 1.807) is 22.7 Å². The summed E-state index contributed by atoms with van der Waals surface area (Å²) in [6.45, 7) is 2.24. The molecule has 0 radical (unpaired) electrons. The SMILES string of the molecule is O=C(c1cc(-c2ccc(F)cc2)nc2cc(-c3ccccc3)nn12)N1CCC2(CC1)OCCO2. The van der Waals surface area contributed by atoms with E-state index in [1.165, 1.54) is 12.1 Å². The zero-order chi connectivity index (χ0) is 23.1. The third-order valence-electron chi connectivity index (χ3n) is 6.48. The van der Waals surface area contributed by atoms with Crippen LogP contribution in [0, 0.1) is 5.82 Å². The largest absolute Gasteiger partial charge is 0.347 e. The maximum atomic E-state index is 13.7. The number of benzene rings is 2. The van der Waals surface area contributed by atoms with E-state index in [2.05, 4.69) is 0 Å². The van der Waals surface area contributed by atoms with Crippen LogP contribution in [0.4, 0.5) is 4.39 Å². The summed E-state index contributed by atoms with van der Waals surface area (Å²) < 4.78 is 26.7. The van der Waals surface area contributed by atoms with Crippen LogP contribution >= 0.6 is 0 Å². The van der Waals surface area contributed by atoms with Gasteiger partial charge in [-0.15, -0.1) is 0 Å². The van der Waals surface area contributed by atoms with Crippen LogP contribution in [-0.4, -0.2) is 57.5 Å². The summed E-state index contributed by atoms with van der Waals surface area (Å²) in [6, 6.07) is 19.5. The fraction of sp³-hybridized carbons (Fsp3) is 0.269. The van der Waals surface area contributed by atoms with Crippen LogP contribution in [0.3, 0.4) is 0 Å². The highest BCUT2D eigenvalue weighted by atomic mass is 19.1. The summed E-state index contributed by atoms with van der Waals surface area (Å²) in [5.74, 6) is -1.02. The van der Waals surface area contributed by atoms with Crippen molar-refractivity contribution in [1.82, 2.24) is 19.5 Å². The number of carbonyl (C=O) groups is 1. The molecular weight excluding hydrogens is 435 g/mol. The molecule has 2 fully saturated rings. The van der Waals surface area contributed by atoms with Gasteiger partial charge in [-0.1, -0.05) is 30.3 Å². The first-order valence-electron chi connectivity index (χ1n) is 11.4. The van der Waals surface area contributed by atoms with Crippen molar-refractivity contribution in [3.05, 3.63) is 78.2 Å². The van der Waals surface area contributed by atoms with Gasteiger partial charge in [0, 0.05) is 43.1 Å². The topological polar surface area (TPSA) is 69.0 Å². The Morgan fingerprint density at radius 2 is 1.56 bits per heavy atom. The molecule has 0 unspecified atom stereocenters. The number of likely N-dealkylation sites (tertiary alicyclic amines) is 1. The van der Waals surface area contributed by atoms with Crippen LogP contribution in [0.25, 0.3) is 28.2 Å². The predicted octanol–water partition coefficient (Wildman–Crippen LogP) is 4.18. The van der Waals surface area contributed by atoms with Crippen molar-refractivity contribution in [1.29, 1.82) is 0 Å². The van der Waals surface area contributed by atoms with E-state index >= 15 is 0 Å². The number of hydrogen-bond donors (Lipinski definition) is 0. The molecule has 0 bridgehead atoms. The lowest BCUT2D eigenvalue weighted by atomic mass is 10.0. The van der Waals surface area contributed by atoms with Gasteiger partial charge in [-0.25, -0.2) is 13.9 Å². The van der Waals surface area contributed by atoms with Crippen LogP contribution in [0.5, 0.6) is 0 Å². The molecule has 2 aliphatic heterocycles. The molecule has 0 atom stereocenters. The highest BCUT2D eigenvalue weighted by Crippen LogP contribution is 2.32. The molecule has 2 aromatic carbocycles. The average Bonchev–Trinajstić information content (AvgIpc) is 3.52. The minimum absolute atomic E-state index is 0.133. The molecule has 2 saturated heterocycles. The Kier molecular flexibility index (Phi) is 5.12. The number of piperidine rings is 1. The molecule has 2 aliphatic rings. The van der Waals surface area contributed by atoms with Crippen molar-refractivity contribution in [2.45, 2.75) is 18.6 Å². The Balaban J connectivity index is 1.41. The number of ether oxygens (including phenoxy) is 2. The average molecular weight is 458 g/mol. The molecule has 4 heterocycles. The lowest BCUT2D eigenvalue weighted by Crippen LogP contribution is -2.47. The third-order valence-corrected chi connectivity index (χ3v) is 6.48. The van der Waals surface area contributed by atoms with Crippen molar-refractivity contribution in [2.24, 2.45) is 0 Å². The molecule has 2 aromatic heterocycles. The van der Waals surface area contributed by atoms with Crippen molar-refractivity contribution in [3.63, 3.8) is 0 Å². The number of nitrogens with zero attached hydrogens (tertiary/aromatic N) is 4. The molecule has 0 saturated carbocycles. The second-order valence-corrected chi connectivity index (χ2v) is 8.60. The zero-order valence-corrected chi connectivity index (χ0v) is 18.5. The fourth-order valence-electron chi connectivity index (χ4n) is 4.64. The van der Waals surface area contributed by atoms with Crippen LogP contribution in [-0.2, 0) is 9.47 Å². The summed E-state index contributed by atoms with van der Waals surface area (Å²) in [7, 11) is 0. The van der Waals surface area contributed by atoms with Gasteiger partial charge in [0.2, 0.25) is 0 Å². The highest BCUT2D eigenvalue weighted by Gasteiger charge is 2.41. The second-order valence-electron chi connectivity index (χ2n) is 8.60. The molecule has 172 valence electrons. The number of hydrogen-bond acceptors (Lipinski definition) is 5. The van der Waals surface area contributed by atoms with Gasteiger partial charge in [0.05, 0.1) is 24.6 Å². The third kappa shape index (κ3) is 3.74. The van der Waals surface area contributed by atoms with E-state index < -0.39 is 5.79 Å². The number of amides is 1. The minimum Gasteiger partial charge on any atom is -0.347 e. The summed E-state index contributed by atoms with van der Waals surface area (Å²) in [6.07, 6.45) is 1.26. The van der Waals surface area contributed by atoms with E-state index in [0.29, 0.717) is 56.2 Å². The van der Waals surface area contributed by atoms with Crippen LogP contribution in [0.15, 0.2) is 66.7 Å². The Morgan fingerprint density at radius 3 is 2.26 bits per heavy atom. The van der Waals surface area contributed by atoms with Crippen molar-refractivity contribution in [3.8, 4) is 22.5 Å². The Labute approximate surface area is 195 Å². The van der Waals surface area contributed by atoms with E-state index in [1.807, 2.05) is 41.3 Å². The Hall–Kier alpha value is -3.62. The van der Waals surface area contributed by atoms with E-state index in [4.69, 9.17) is 19.6 Å². The molecule has 7 nitrogen and oxygen atoms in total. The van der Waals surface area contributed by atoms with E-state index in [9.17, 15) is 9.18 Å². The van der Waals surface area contributed by atoms with Crippen molar-refractivity contribution >= 4 is 11.6 Å². The Bertz CT molecular complexity index is 1340.